The topological polar surface area (TPSA) is 118 Å². The normalized spacial score (nSPS) is 31.2. The van der Waals surface area contributed by atoms with Gasteiger partial charge in [-0.05, 0) is 64.2 Å². The van der Waals surface area contributed by atoms with Gasteiger partial charge in [0.25, 0.3) is 0 Å². The van der Waals surface area contributed by atoms with Crippen LogP contribution in [0.4, 0.5) is 5.82 Å². The number of rotatable bonds is 5. The number of carbonyl (C=O) groups is 2. The van der Waals surface area contributed by atoms with E-state index in [1.165, 1.54) is 6.42 Å². The maximum absolute atomic E-state index is 13.1. The lowest BCUT2D eigenvalue weighted by atomic mass is 9.49. The maximum Gasteiger partial charge on any atom is 0.342 e. The lowest BCUT2D eigenvalue weighted by molar-refractivity contribution is -0.171. The van der Waals surface area contributed by atoms with E-state index in [9.17, 15) is 9.59 Å². The summed E-state index contributed by atoms with van der Waals surface area (Å²) in [4.78, 5) is 33.7. The minimum Gasteiger partial charge on any atom is -0.462 e. The Hall–Kier alpha value is -2.35. The second-order valence-electron chi connectivity index (χ2n) is 9.43. The van der Waals surface area contributed by atoms with Gasteiger partial charge in [-0.2, -0.15) is 4.98 Å². The molecule has 4 fully saturated rings. The van der Waals surface area contributed by atoms with Crippen LogP contribution in [0.25, 0.3) is 11.1 Å². The van der Waals surface area contributed by atoms with Crippen LogP contribution in [0.15, 0.2) is 4.42 Å². The van der Waals surface area contributed by atoms with Crippen molar-refractivity contribution >= 4 is 40.5 Å². The number of esters is 2. The Morgan fingerprint density at radius 1 is 1.19 bits per heavy atom. The van der Waals surface area contributed by atoms with E-state index in [2.05, 4.69) is 9.97 Å². The highest BCUT2D eigenvalue weighted by atomic mass is 35.5. The summed E-state index contributed by atoms with van der Waals surface area (Å²) >= 11 is 6.83. The van der Waals surface area contributed by atoms with Crippen molar-refractivity contribution in [3.05, 3.63) is 17.1 Å². The zero-order valence-electron chi connectivity index (χ0n) is 17.7. The molecular weight excluding hydrogens is 422 g/mol. The first-order valence-electron chi connectivity index (χ1n) is 10.8. The van der Waals surface area contributed by atoms with Crippen LogP contribution in [-0.2, 0) is 20.9 Å². The van der Waals surface area contributed by atoms with Crippen LogP contribution < -0.4 is 5.73 Å². The van der Waals surface area contributed by atoms with Gasteiger partial charge in [-0.3, -0.25) is 4.79 Å². The van der Waals surface area contributed by atoms with Crippen molar-refractivity contribution in [2.45, 2.75) is 63.9 Å². The van der Waals surface area contributed by atoms with Crippen LogP contribution >= 0.6 is 11.6 Å². The summed E-state index contributed by atoms with van der Waals surface area (Å²) in [5.74, 6) is 0.911. The predicted octanol–water partition coefficient (Wildman–Crippen LogP) is 3.91. The van der Waals surface area contributed by atoms with E-state index in [0.29, 0.717) is 29.4 Å². The van der Waals surface area contributed by atoms with Crippen molar-refractivity contribution in [3.63, 3.8) is 0 Å². The van der Waals surface area contributed by atoms with Gasteiger partial charge in [0.2, 0.25) is 5.71 Å². The molecule has 2 N–H and O–H groups in total. The van der Waals surface area contributed by atoms with Gasteiger partial charge in [0.15, 0.2) is 12.4 Å². The molecule has 4 saturated carbocycles. The Balaban J connectivity index is 1.36. The van der Waals surface area contributed by atoms with Gasteiger partial charge >= 0.3 is 11.9 Å². The van der Waals surface area contributed by atoms with Gasteiger partial charge in [-0.1, -0.05) is 0 Å². The molecule has 2 atom stereocenters. The molecule has 4 aliphatic rings. The molecule has 8 nitrogen and oxygen atoms in total. The van der Waals surface area contributed by atoms with Crippen LogP contribution in [0.3, 0.4) is 0 Å². The van der Waals surface area contributed by atoms with E-state index in [1.807, 2.05) is 0 Å². The molecule has 0 radical (unpaired) electrons. The lowest BCUT2D eigenvalue weighted by Crippen LogP contribution is -2.56. The van der Waals surface area contributed by atoms with Gasteiger partial charge in [0.1, 0.15) is 17.1 Å². The maximum atomic E-state index is 13.1. The van der Waals surface area contributed by atoms with E-state index in [-0.39, 0.29) is 47.0 Å². The number of fused-ring (bicyclic) bond motifs is 1. The number of alkyl halides is 1. The Morgan fingerprint density at radius 3 is 2.55 bits per heavy atom. The second kappa shape index (κ2) is 7.08. The Morgan fingerprint density at radius 2 is 1.90 bits per heavy atom. The third-order valence-corrected chi connectivity index (χ3v) is 7.48. The molecule has 31 heavy (non-hydrogen) atoms. The lowest BCUT2D eigenvalue weighted by Gasteiger charge is -2.58. The zero-order chi connectivity index (χ0) is 22.0. The first-order valence-corrected chi connectivity index (χ1v) is 11.2. The molecular formula is C22H26ClN3O5. The standard InChI is InChI=1S/C22H26ClN3O5/c1-3-29-19(27)15-11(2)31-18-16(15)17(24)25-14(26-18)9-30-20(28)21-5-12-4-13(6-21)8-22(23,7-12)10-21/h12-13H,3-10H2,1-2H3,(H2,24,25,26)/t12-,13-,21?,22?/m1/s1. The number of nitrogens with two attached hydrogens (primary N) is 1. The van der Waals surface area contributed by atoms with Crippen LogP contribution in [-0.4, -0.2) is 33.4 Å². The minimum absolute atomic E-state index is 0.0884. The van der Waals surface area contributed by atoms with Gasteiger partial charge in [0, 0.05) is 4.87 Å². The van der Waals surface area contributed by atoms with Crippen molar-refractivity contribution in [2.75, 3.05) is 12.3 Å². The van der Waals surface area contributed by atoms with Crippen LogP contribution in [0, 0.1) is 24.2 Å². The first-order chi connectivity index (χ1) is 14.7. The third-order valence-electron chi connectivity index (χ3n) is 7.04. The molecule has 9 heteroatoms. The molecule has 0 amide bonds. The largest absolute Gasteiger partial charge is 0.462 e. The number of halogens is 1. The van der Waals surface area contributed by atoms with Gasteiger partial charge in [-0.25, -0.2) is 9.78 Å². The molecule has 4 aliphatic carbocycles. The zero-order valence-corrected chi connectivity index (χ0v) is 18.5. The molecule has 4 bridgehead atoms. The van der Waals surface area contributed by atoms with E-state index in [1.54, 1.807) is 13.8 Å². The molecule has 6 rings (SSSR count). The smallest absolute Gasteiger partial charge is 0.342 e. The molecule has 0 saturated heterocycles. The van der Waals surface area contributed by atoms with Crippen LogP contribution in [0.2, 0.25) is 0 Å². The van der Waals surface area contributed by atoms with Gasteiger partial charge in [0.05, 0.1) is 17.4 Å². The van der Waals surface area contributed by atoms with Crippen molar-refractivity contribution < 1.29 is 23.5 Å². The molecule has 2 aromatic heterocycles. The summed E-state index contributed by atoms with van der Waals surface area (Å²) < 4.78 is 16.4. The number of aryl methyl sites for hydroxylation is 1. The fraction of sp³-hybridized carbons (Fsp3) is 0.636. The molecule has 0 aliphatic heterocycles. The number of nitrogen functional groups attached to an aromatic ring is 1. The van der Waals surface area contributed by atoms with Crippen LogP contribution in [0.5, 0.6) is 0 Å². The van der Waals surface area contributed by atoms with Crippen molar-refractivity contribution in [1.29, 1.82) is 0 Å². The molecule has 0 unspecified atom stereocenters. The van der Waals surface area contributed by atoms with E-state index in [0.717, 1.165) is 25.7 Å². The number of nitrogens with zero attached hydrogens (tertiary/aromatic N) is 2. The highest BCUT2D eigenvalue weighted by molar-refractivity contribution is 6.24. The first kappa shape index (κ1) is 20.5. The minimum atomic E-state index is -0.537. The fourth-order valence-corrected chi connectivity index (χ4v) is 7.06. The van der Waals surface area contributed by atoms with Gasteiger partial charge in [-0.15, -0.1) is 11.6 Å². The average molecular weight is 448 g/mol. The van der Waals surface area contributed by atoms with Gasteiger partial charge < -0.3 is 19.6 Å². The highest BCUT2D eigenvalue weighted by Gasteiger charge is 2.60. The fourth-order valence-electron chi connectivity index (χ4n) is 6.37. The average Bonchev–Trinajstić information content (AvgIpc) is 3.00. The number of ether oxygens (including phenoxy) is 2. The molecule has 0 spiro atoms. The summed E-state index contributed by atoms with van der Waals surface area (Å²) in [6.07, 6.45) is 5.53. The van der Waals surface area contributed by atoms with Crippen molar-refractivity contribution in [2.24, 2.45) is 17.3 Å². The SMILES string of the molecule is CCOC(=O)c1c(C)oc2nc(COC(=O)C34C[C@H]5C[C@@H](CC(Cl)(C5)C3)C4)nc(N)c12. The van der Waals surface area contributed by atoms with Crippen molar-refractivity contribution in [3.8, 4) is 0 Å². The number of carbonyl (C=O) groups excluding carboxylic acids is 2. The Kier molecular flexibility index (Phi) is 4.70. The summed E-state index contributed by atoms with van der Waals surface area (Å²) in [6, 6.07) is 0. The molecule has 2 aromatic rings. The number of anilines is 1. The molecule has 2 heterocycles. The summed E-state index contributed by atoms with van der Waals surface area (Å²) in [6.45, 7) is 3.48. The number of aromatic nitrogens is 2. The summed E-state index contributed by atoms with van der Waals surface area (Å²) in [5, 5.41) is 0.316. The molecule has 166 valence electrons. The van der Waals surface area contributed by atoms with Crippen molar-refractivity contribution in [1.82, 2.24) is 9.97 Å². The third kappa shape index (κ3) is 3.35. The highest BCUT2D eigenvalue weighted by Crippen LogP contribution is 2.64. The van der Waals surface area contributed by atoms with E-state index >= 15 is 0 Å². The Labute approximate surface area is 184 Å². The monoisotopic (exact) mass is 447 g/mol. The predicted molar refractivity (Wildman–Crippen MR) is 112 cm³/mol. The summed E-state index contributed by atoms with van der Waals surface area (Å²) in [5.41, 5.74) is 5.99. The molecule has 0 aromatic carbocycles. The number of hydrogen-bond donors (Lipinski definition) is 1. The Bertz CT molecular complexity index is 1070. The van der Waals surface area contributed by atoms with Crippen LogP contribution in [0.1, 0.15) is 67.4 Å². The second-order valence-corrected chi connectivity index (χ2v) is 10.2. The number of furan rings is 1. The quantitative estimate of drug-likeness (QED) is 0.541. The number of hydrogen-bond acceptors (Lipinski definition) is 8. The summed E-state index contributed by atoms with van der Waals surface area (Å²) in [7, 11) is 0. The van der Waals surface area contributed by atoms with E-state index in [4.69, 9.17) is 31.2 Å². The van der Waals surface area contributed by atoms with E-state index < -0.39 is 11.4 Å².